The van der Waals surface area contributed by atoms with E-state index in [4.69, 9.17) is 1.41 Å². The molecule has 0 spiro atoms. The van der Waals surface area contributed by atoms with Gasteiger partial charge in [-0.1, -0.05) is 72.8 Å². The van der Waals surface area contributed by atoms with Gasteiger partial charge in [0.15, 0.2) is 0 Å². The SMILES string of the molecule is [3H]NP1(=O)N([C@@H](C)c2ccc3ccccc3c2)CCN1[C@@H](C)c1ccc2ccccc2c1. The average molecular weight is 432 g/mol. The summed E-state index contributed by atoms with van der Waals surface area (Å²) in [7, 11) is -3.25. The molecule has 31 heavy (non-hydrogen) atoms. The van der Waals surface area contributed by atoms with Crippen LogP contribution >= 0.6 is 7.59 Å². The Morgan fingerprint density at radius 1 is 0.742 bits per heavy atom. The lowest BCUT2D eigenvalue weighted by atomic mass is 10.0. The van der Waals surface area contributed by atoms with Crippen molar-refractivity contribution in [2.24, 2.45) is 5.50 Å². The van der Waals surface area contributed by atoms with Gasteiger partial charge in [-0.15, -0.1) is 0 Å². The number of benzene rings is 4. The van der Waals surface area contributed by atoms with Gasteiger partial charge in [0.1, 0.15) is 1.41 Å². The Morgan fingerprint density at radius 3 is 1.58 bits per heavy atom. The molecule has 0 aliphatic carbocycles. The van der Waals surface area contributed by atoms with E-state index in [0.717, 1.165) is 11.1 Å². The maximum absolute atomic E-state index is 14.2. The summed E-state index contributed by atoms with van der Waals surface area (Å²) in [4.78, 5) is 0. The number of hydrogen-bond acceptors (Lipinski definition) is 1. The van der Waals surface area contributed by atoms with Crippen molar-refractivity contribution in [2.45, 2.75) is 25.9 Å². The summed E-state index contributed by atoms with van der Waals surface area (Å²) in [6.45, 7) is 5.46. The Hall–Kier alpha value is -2.49. The van der Waals surface area contributed by atoms with Crippen LogP contribution in [0.5, 0.6) is 0 Å². The fraction of sp³-hybridized carbons (Fsp3) is 0.231. The van der Waals surface area contributed by atoms with Crippen LogP contribution < -0.4 is 5.50 Å². The van der Waals surface area contributed by atoms with Gasteiger partial charge in [0, 0.05) is 25.2 Å². The number of fused-ring (bicyclic) bond motifs is 2. The highest BCUT2D eigenvalue weighted by Crippen LogP contribution is 2.57. The minimum Gasteiger partial charge on any atom is -0.271 e. The first-order valence-electron chi connectivity index (χ1n) is 11.3. The van der Waals surface area contributed by atoms with Crippen molar-refractivity contribution in [3.8, 4) is 0 Å². The van der Waals surface area contributed by atoms with Gasteiger partial charge >= 0.3 is 0 Å². The number of rotatable bonds is 5. The van der Waals surface area contributed by atoms with E-state index in [1.54, 1.807) is 0 Å². The van der Waals surface area contributed by atoms with E-state index in [1.165, 1.54) is 21.5 Å². The van der Waals surface area contributed by atoms with Crippen molar-refractivity contribution in [3.05, 3.63) is 96.1 Å². The van der Waals surface area contributed by atoms with Crippen LogP contribution in [-0.4, -0.2) is 22.4 Å². The van der Waals surface area contributed by atoms with Crippen LogP contribution in [0.3, 0.4) is 0 Å². The molecule has 0 amide bonds. The molecule has 5 rings (SSSR count). The predicted octanol–water partition coefficient (Wildman–Crippen LogP) is 6.50. The summed E-state index contributed by atoms with van der Waals surface area (Å²) in [5.74, 6) is 0. The van der Waals surface area contributed by atoms with Crippen LogP contribution in [0, 0.1) is 0 Å². The van der Waals surface area contributed by atoms with Crippen LogP contribution in [0.4, 0.5) is 0 Å². The van der Waals surface area contributed by atoms with Gasteiger partial charge in [-0.2, -0.15) is 0 Å². The highest BCUT2D eigenvalue weighted by Gasteiger charge is 2.44. The Bertz CT molecular complexity index is 1230. The Balaban J connectivity index is 1.45. The van der Waals surface area contributed by atoms with E-state index in [0.29, 0.717) is 13.1 Å². The molecular weight excluding hydrogens is 401 g/mol. The molecule has 1 heterocycles. The zero-order valence-electron chi connectivity index (χ0n) is 18.9. The molecule has 2 N–H and O–H groups in total. The molecular formula is C26H28N3OP. The molecule has 0 radical (unpaired) electrons. The van der Waals surface area contributed by atoms with Gasteiger partial charge in [0.25, 0.3) is 7.59 Å². The van der Waals surface area contributed by atoms with Crippen LogP contribution in [0.25, 0.3) is 21.5 Å². The molecule has 0 bridgehead atoms. The molecule has 4 aromatic rings. The molecule has 1 fully saturated rings. The van der Waals surface area contributed by atoms with Crippen LogP contribution in [0.1, 0.15) is 37.1 Å². The number of nitrogens with two attached hydrogens (primary N) is 1. The molecule has 0 unspecified atom stereocenters. The van der Waals surface area contributed by atoms with E-state index < -0.39 is 7.59 Å². The van der Waals surface area contributed by atoms with E-state index in [2.05, 4.69) is 80.0 Å². The van der Waals surface area contributed by atoms with Crippen LogP contribution in [0.15, 0.2) is 84.9 Å². The third kappa shape index (κ3) is 3.60. The second kappa shape index (κ2) is 7.89. The predicted molar refractivity (Wildman–Crippen MR) is 130 cm³/mol. The van der Waals surface area contributed by atoms with Gasteiger partial charge in [-0.05, 0) is 58.7 Å². The fourth-order valence-electron chi connectivity index (χ4n) is 4.76. The standard InChI is InChI=1S/C26H28N3OP/c1-19(23-13-11-21-7-3-5-9-25(21)17-23)28-15-16-29(31(28,27)30)20(2)24-14-12-22-8-4-6-10-26(22)18-24/h3-14,17-20H,15-16H2,1-2H3,(H2,27,30)/t19-,20-/m0/s1/i/hT. The van der Waals surface area contributed by atoms with Gasteiger partial charge in [-0.3, -0.25) is 10.1 Å². The second-order valence-corrected chi connectivity index (χ2v) is 10.6. The molecule has 158 valence electrons. The van der Waals surface area contributed by atoms with Gasteiger partial charge in [0.05, 0.1) is 0 Å². The molecule has 2 atom stereocenters. The zero-order valence-corrected chi connectivity index (χ0v) is 18.8. The summed E-state index contributed by atoms with van der Waals surface area (Å²) in [5.41, 5.74) is 4.69. The molecule has 5 heteroatoms. The number of nitrogens with zero attached hydrogens (tertiary/aromatic N) is 2. The maximum Gasteiger partial charge on any atom is 0.282 e. The van der Waals surface area contributed by atoms with Crippen molar-refractivity contribution in [2.75, 3.05) is 13.1 Å². The van der Waals surface area contributed by atoms with Crippen molar-refractivity contribution in [1.82, 2.24) is 9.34 Å². The number of hydrogen-bond donors (Lipinski definition) is 1. The normalized spacial score (nSPS) is 19.5. The molecule has 1 saturated heterocycles. The van der Waals surface area contributed by atoms with Crippen LogP contribution in [0.2, 0.25) is 1.41 Å². The smallest absolute Gasteiger partial charge is 0.271 e. The highest BCUT2D eigenvalue weighted by molar-refractivity contribution is 7.56. The van der Waals surface area contributed by atoms with Gasteiger partial charge in [0.2, 0.25) is 0 Å². The second-order valence-electron chi connectivity index (χ2n) is 8.44. The topological polar surface area (TPSA) is 49.6 Å². The Kier molecular flexibility index (Phi) is 4.89. The average Bonchev–Trinajstić information content (AvgIpc) is 3.19. The minimum absolute atomic E-state index is 0.0721. The minimum atomic E-state index is -3.25. The van der Waals surface area contributed by atoms with Crippen molar-refractivity contribution in [3.63, 3.8) is 0 Å². The first-order valence-corrected chi connectivity index (χ1v) is 12.4. The monoisotopic (exact) mass is 431 g/mol. The summed E-state index contributed by atoms with van der Waals surface area (Å²) in [5, 5.41) is 4.73. The Labute approximate surface area is 185 Å². The first-order chi connectivity index (χ1) is 15.5. The van der Waals surface area contributed by atoms with E-state index in [-0.39, 0.29) is 12.1 Å². The highest BCUT2D eigenvalue weighted by atomic mass is 31.2. The summed E-state index contributed by atoms with van der Waals surface area (Å²) in [6, 6.07) is 29.2. The molecule has 4 nitrogen and oxygen atoms in total. The third-order valence-corrected chi connectivity index (χ3v) is 9.15. The summed E-state index contributed by atoms with van der Waals surface area (Å²) < 4.78 is 26.1. The van der Waals surface area contributed by atoms with Crippen molar-refractivity contribution in [1.29, 1.82) is 0 Å². The lowest BCUT2D eigenvalue weighted by molar-refractivity contribution is 0.368. The van der Waals surface area contributed by atoms with E-state index in [9.17, 15) is 4.57 Å². The quantitative estimate of drug-likeness (QED) is 0.367. The third-order valence-electron chi connectivity index (χ3n) is 6.66. The van der Waals surface area contributed by atoms with E-state index in [1.807, 2.05) is 33.6 Å². The fourth-order valence-corrected chi connectivity index (χ4v) is 6.98. The summed E-state index contributed by atoms with van der Waals surface area (Å²) in [6.07, 6.45) is 0. The molecule has 4 aromatic carbocycles. The molecule has 0 aromatic heterocycles. The first kappa shape index (κ1) is 19.2. The maximum atomic E-state index is 14.2. The zero-order chi connectivity index (χ0) is 22.3. The Morgan fingerprint density at radius 2 is 1.16 bits per heavy atom. The van der Waals surface area contributed by atoms with Gasteiger partial charge in [-0.25, -0.2) is 9.34 Å². The van der Waals surface area contributed by atoms with Crippen molar-refractivity contribution < 1.29 is 5.98 Å². The summed E-state index contributed by atoms with van der Waals surface area (Å²) >= 11 is 0. The molecule has 1 aliphatic rings. The van der Waals surface area contributed by atoms with E-state index >= 15 is 0 Å². The van der Waals surface area contributed by atoms with Gasteiger partial charge < -0.3 is 0 Å². The lowest BCUT2D eigenvalue weighted by Gasteiger charge is -2.34. The molecule has 1 aliphatic heterocycles. The van der Waals surface area contributed by atoms with Crippen LogP contribution in [-0.2, 0) is 4.57 Å². The molecule has 0 saturated carbocycles. The van der Waals surface area contributed by atoms with Crippen molar-refractivity contribution >= 4 is 29.1 Å². The largest absolute Gasteiger partial charge is 0.282 e. The lowest BCUT2D eigenvalue weighted by Crippen LogP contribution is -2.28.